The van der Waals surface area contributed by atoms with Crippen molar-refractivity contribution in [2.75, 3.05) is 0 Å². The van der Waals surface area contributed by atoms with Crippen LogP contribution in [0.5, 0.6) is 0 Å². The molecule has 0 N–H and O–H groups in total. The molecule has 0 bridgehead atoms. The van der Waals surface area contributed by atoms with Crippen molar-refractivity contribution < 1.29 is 13.6 Å². The number of thiazole rings is 1. The van der Waals surface area contributed by atoms with E-state index in [1.165, 1.54) is 11.3 Å². The molecule has 0 aliphatic rings. The lowest BCUT2D eigenvalue weighted by Gasteiger charge is -2.17. The molecule has 1 heterocycles. The zero-order valence-corrected chi connectivity index (χ0v) is 15.1. The maximum Gasteiger partial charge on any atom is 0.281 e. The van der Waals surface area contributed by atoms with Crippen LogP contribution in [-0.4, -0.2) is 10.5 Å². The molecule has 1 amide bonds. The van der Waals surface area contributed by atoms with Gasteiger partial charge in [-0.15, -0.1) is 11.3 Å². The number of rotatable bonds is 1. The number of carbonyl (C=O) groups excluding carboxylic acids is 1. The second-order valence-electron chi connectivity index (χ2n) is 6.27. The zero-order valence-electron chi connectivity index (χ0n) is 13.5. The van der Waals surface area contributed by atoms with Crippen LogP contribution < -0.4 is 4.80 Å². The molecule has 0 spiro atoms. The van der Waals surface area contributed by atoms with Crippen LogP contribution in [0.3, 0.4) is 0 Å². The van der Waals surface area contributed by atoms with Gasteiger partial charge in [0.15, 0.2) is 16.4 Å². The molecular weight excluding hydrogens is 342 g/mol. The van der Waals surface area contributed by atoms with Gasteiger partial charge < -0.3 is 4.57 Å². The minimum absolute atomic E-state index is 0.0804. The fourth-order valence-corrected chi connectivity index (χ4v) is 3.56. The smallest absolute Gasteiger partial charge is 0.281 e. The Hall–Kier alpha value is -1.53. The Morgan fingerprint density at radius 2 is 1.83 bits per heavy atom. The van der Waals surface area contributed by atoms with E-state index in [2.05, 4.69) is 25.8 Å². The highest BCUT2D eigenvalue weighted by atomic mass is 35.5. The predicted molar refractivity (Wildman–Crippen MR) is 88.0 cm³/mol. The molecule has 1 aromatic carbocycles. The zero-order chi connectivity index (χ0) is 17.5. The normalized spacial score (nSPS) is 12.8. The number of carbonyl (C=O) groups is 1. The summed E-state index contributed by atoms with van der Waals surface area (Å²) in [5.74, 6) is -2.93. The molecule has 0 saturated heterocycles. The Balaban J connectivity index is 2.55. The lowest BCUT2D eigenvalue weighted by atomic mass is 9.93. The molecule has 0 atom stereocenters. The van der Waals surface area contributed by atoms with Gasteiger partial charge in [-0.2, -0.15) is 4.99 Å². The van der Waals surface area contributed by atoms with Gasteiger partial charge in [0.25, 0.3) is 5.91 Å². The quantitative estimate of drug-likeness (QED) is 0.697. The van der Waals surface area contributed by atoms with Gasteiger partial charge in [-0.05, 0) is 24.5 Å². The molecule has 2 aromatic rings. The molecule has 23 heavy (non-hydrogen) atoms. The molecule has 0 radical (unpaired) electrons. The van der Waals surface area contributed by atoms with Gasteiger partial charge in [0.05, 0.1) is 10.6 Å². The van der Waals surface area contributed by atoms with Gasteiger partial charge in [-0.3, -0.25) is 4.79 Å². The summed E-state index contributed by atoms with van der Waals surface area (Å²) in [6.07, 6.45) is 0. The molecule has 1 aromatic heterocycles. The Morgan fingerprint density at radius 1 is 1.26 bits per heavy atom. The number of halogens is 3. The molecule has 0 aliphatic heterocycles. The van der Waals surface area contributed by atoms with Crippen molar-refractivity contribution in [2.45, 2.75) is 33.1 Å². The maximum absolute atomic E-state index is 13.3. The third kappa shape index (κ3) is 3.53. The summed E-state index contributed by atoms with van der Waals surface area (Å²) in [5, 5.41) is -0.162. The fourth-order valence-electron chi connectivity index (χ4n) is 2.16. The summed E-state index contributed by atoms with van der Waals surface area (Å²) in [5.41, 5.74) is 0.766. The van der Waals surface area contributed by atoms with Crippen LogP contribution in [0.1, 0.15) is 41.7 Å². The van der Waals surface area contributed by atoms with Gasteiger partial charge >= 0.3 is 0 Å². The van der Waals surface area contributed by atoms with Gasteiger partial charge in [0.2, 0.25) is 0 Å². The first-order valence-electron chi connectivity index (χ1n) is 6.93. The average molecular weight is 359 g/mol. The van der Waals surface area contributed by atoms with E-state index in [-0.39, 0.29) is 16.0 Å². The minimum Gasteiger partial charge on any atom is -0.324 e. The van der Waals surface area contributed by atoms with Crippen molar-refractivity contribution in [3.05, 3.63) is 49.7 Å². The Bertz CT molecular complexity index is 847. The van der Waals surface area contributed by atoms with Crippen LogP contribution in [0.4, 0.5) is 8.78 Å². The van der Waals surface area contributed by atoms with Crippen molar-refractivity contribution in [1.29, 1.82) is 0 Å². The monoisotopic (exact) mass is 358 g/mol. The van der Waals surface area contributed by atoms with E-state index in [1.807, 2.05) is 6.92 Å². The highest BCUT2D eigenvalue weighted by Gasteiger charge is 2.21. The second-order valence-corrected chi connectivity index (χ2v) is 7.66. The van der Waals surface area contributed by atoms with Crippen molar-refractivity contribution in [2.24, 2.45) is 12.0 Å². The average Bonchev–Trinajstić information content (AvgIpc) is 2.71. The Morgan fingerprint density at radius 3 is 2.35 bits per heavy atom. The summed E-state index contributed by atoms with van der Waals surface area (Å²) in [7, 11) is 1.81. The van der Waals surface area contributed by atoms with Crippen LogP contribution in [0, 0.1) is 18.6 Å². The molecular formula is C16H17ClF2N2OS. The number of aromatic nitrogens is 1. The van der Waals surface area contributed by atoms with Crippen molar-refractivity contribution in [1.82, 2.24) is 4.57 Å². The number of benzene rings is 1. The van der Waals surface area contributed by atoms with Gasteiger partial charge in [0.1, 0.15) is 0 Å². The summed E-state index contributed by atoms with van der Waals surface area (Å²) in [6.45, 7) is 8.17. The van der Waals surface area contributed by atoms with E-state index >= 15 is 0 Å². The second kappa shape index (κ2) is 6.17. The lowest BCUT2D eigenvalue weighted by Crippen LogP contribution is -2.15. The standard InChI is InChI=1S/C16H17ClF2N2OS/c1-8-13(16(2,3)4)23-15(21(8)5)20-14(22)9-6-11(18)12(19)7-10(9)17/h6-7H,1-5H3/b20-15-. The highest BCUT2D eigenvalue weighted by molar-refractivity contribution is 7.09. The lowest BCUT2D eigenvalue weighted by molar-refractivity contribution is 0.0997. The van der Waals surface area contributed by atoms with Crippen LogP contribution in [-0.2, 0) is 12.5 Å². The van der Waals surface area contributed by atoms with E-state index in [0.717, 1.165) is 22.7 Å². The number of hydrogen-bond acceptors (Lipinski definition) is 2. The van der Waals surface area contributed by atoms with Gasteiger partial charge in [-0.1, -0.05) is 32.4 Å². The van der Waals surface area contributed by atoms with E-state index < -0.39 is 17.5 Å². The van der Waals surface area contributed by atoms with E-state index in [1.54, 1.807) is 11.6 Å². The molecule has 0 aliphatic carbocycles. The third-order valence-corrected chi connectivity index (χ3v) is 5.40. The molecule has 2 rings (SSSR count). The summed E-state index contributed by atoms with van der Waals surface area (Å²) < 4.78 is 28.2. The maximum atomic E-state index is 13.3. The van der Waals surface area contributed by atoms with E-state index in [0.29, 0.717) is 4.80 Å². The van der Waals surface area contributed by atoms with Gasteiger partial charge in [0, 0.05) is 17.6 Å². The SMILES string of the molecule is Cc1c(C(C)(C)C)s/c(=N\C(=O)c2cc(F)c(F)cc2Cl)n1C. The van der Waals surface area contributed by atoms with E-state index in [4.69, 9.17) is 11.6 Å². The number of hydrogen-bond donors (Lipinski definition) is 0. The topological polar surface area (TPSA) is 34.4 Å². The summed E-state index contributed by atoms with van der Waals surface area (Å²) in [6, 6.07) is 1.55. The third-order valence-electron chi connectivity index (χ3n) is 3.43. The van der Waals surface area contributed by atoms with Crippen molar-refractivity contribution >= 4 is 28.8 Å². The minimum atomic E-state index is -1.13. The summed E-state index contributed by atoms with van der Waals surface area (Å²) >= 11 is 7.21. The van der Waals surface area contributed by atoms with Crippen LogP contribution in [0.15, 0.2) is 17.1 Å². The Kier molecular flexibility index (Phi) is 4.78. The molecule has 124 valence electrons. The molecule has 0 unspecified atom stereocenters. The first kappa shape index (κ1) is 17.8. The van der Waals surface area contributed by atoms with Crippen LogP contribution >= 0.6 is 22.9 Å². The first-order valence-corrected chi connectivity index (χ1v) is 8.12. The Labute approximate surface area is 142 Å². The van der Waals surface area contributed by atoms with E-state index in [9.17, 15) is 13.6 Å². The van der Waals surface area contributed by atoms with Crippen LogP contribution in [0.2, 0.25) is 5.02 Å². The number of amides is 1. The molecule has 3 nitrogen and oxygen atoms in total. The molecule has 0 saturated carbocycles. The van der Waals surface area contributed by atoms with Crippen molar-refractivity contribution in [3.63, 3.8) is 0 Å². The highest BCUT2D eigenvalue weighted by Crippen LogP contribution is 2.28. The number of nitrogens with zero attached hydrogens (tertiary/aromatic N) is 2. The fraction of sp³-hybridized carbons (Fsp3) is 0.375. The molecule has 7 heteroatoms. The van der Waals surface area contributed by atoms with Crippen molar-refractivity contribution in [3.8, 4) is 0 Å². The molecule has 0 fully saturated rings. The summed E-state index contributed by atoms with van der Waals surface area (Å²) in [4.78, 5) is 17.9. The van der Waals surface area contributed by atoms with Crippen LogP contribution in [0.25, 0.3) is 0 Å². The predicted octanol–water partition coefficient (Wildman–Crippen LogP) is 4.37. The first-order chi connectivity index (χ1) is 10.5. The van der Waals surface area contributed by atoms with Gasteiger partial charge in [-0.25, -0.2) is 8.78 Å². The largest absolute Gasteiger partial charge is 0.324 e.